The molecule has 3 rings (SSSR count). The minimum Gasteiger partial charge on any atom is -0.271 e. The lowest BCUT2D eigenvalue weighted by atomic mass is 10.2. The first-order valence-electron chi connectivity index (χ1n) is 9.19. The van der Waals surface area contributed by atoms with Crippen molar-refractivity contribution in [1.29, 1.82) is 0 Å². The number of nitrogens with zero attached hydrogens (tertiary/aromatic N) is 2. The van der Waals surface area contributed by atoms with Crippen LogP contribution in [0.25, 0.3) is 0 Å². The van der Waals surface area contributed by atoms with Gasteiger partial charge in [0.05, 0.1) is 16.8 Å². The summed E-state index contributed by atoms with van der Waals surface area (Å²) in [7, 11) is -3.99. The molecule has 0 bridgehead atoms. The maximum absolute atomic E-state index is 13.3. The molecule has 0 saturated heterocycles. The molecule has 0 aliphatic heterocycles. The Labute approximate surface area is 194 Å². The van der Waals surface area contributed by atoms with E-state index in [2.05, 4.69) is 26.5 Å². The number of anilines is 1. The molecule has 0 aliphatic carbocycles. The third-order valence-electron chi connectivity index (χ3n) is 4.31. The van der Waals surface area contributed by atoms with Gasteiger partial charge in [-0.15, -0.1) is 0 Å². The molecule has 0 heterocycles. The zero-order valence-electron chi connectivity index (χ0n) is 16.5. The van der Waals surface area contributed by atoms with Crippen molar-refractivity contribution in [3.05, 3.63) is 93.4 Å². The first-order chi connectivity index (χ1) is 14.8. The quantitative estimate of drug-likeness (QED) is 0.360. The molecule has 3 aromatic rings. The monoisotopic (exact) mass is 519 g/mol. The molecule has 0 atom stereocenters. The van der Waals surface area contributed by atoms with Gasteiger partial charge in [0, 0.05) is 15.1 Å². The van der Waals surface area contributed by atoms with Crippen molar-refractivity contribution in [1.82, 2.24) is 5.43 Å². The molecular weight excluding hydrogens is 502 g/mol. The Morgan fingerprint density at radius 3 is 2.35 bits per heavy atom. The van der Waals surface area contributed by atoms with Gasteiger partial charge in [-0.3, -0.25) is 9.10 Å². The number of hydrogen-bond donors (Lipinski definition) is 1. The van der Waals surface area contributed by atoms with Gasteiger partial charge in [0.1, 0.15) is 6.54 Å². The first-order valence-corrected chi connectivity index (χ1v) is 11.8. The Morgan fingerprint density at radius 2 is 1.71 bits per heavy atom. The number of rotatable bonds is 7. The maximum Gasteiger partial charge on any atom is 0.264 e. The van der Waals surface area contributed by atoms with Crippen molar-refractivity contribution in [2.24, 2.45) is 5.10 Å². The standard InChI is InChI=1S/C22H19BrClN3O3S/c1-16-6-12-20(13-7-16)31(29,30)27(19-10-8-18(24)9-11-19)15-22(28)26-25-14-17-4-2-3-5-21(17)23/h2-14H,15H2,1H3,(H,26,28)/b25-14-. The Balaban J connectivity index is 1.84. The summed E-state index contributed by atoms with van der Waals surface area (Å²) in [6, 6.07) is 20.0. The van der Waals surface area contributed by atoms with E-state index >= 15 is 0 Å². The van der Waals surface area contributed by atoms with Crippen LogP contribution in [0.2, 0.25) is 5.02 Å². The van der Waals surface area contributed by atoms with E-state index < -0.39 is 22.5 Å². The van der Waals surface area contributed by atoms with Crippen LogP contribution < -0.4 is 9.73 Å². The summed E-state index contributed by atoms with van der Waals surface area (Å²) in [4.78, 5) is 12.6. The molecule has 1 amide bonds. The van der Waals surface area contributed by atoms with Crippen molar-refractivity contribution < 1.29 is 13.2 Å². The molecule has 9 heteroatoms. The van der Waals surface area contributed by atoms with Gasteiger partial charge in [-0.05, 0) is 49.4 Å². The van der Waals surface area contributed by atoms with Gasteiger partial charge in [-0.1, -0.05) is 63.4 Å². The van der Waals surface area contributed by atoms with Crippen molar-refractivity contribution >= 4 is 55.4 Å². The van der Waals surface area contributed by atoms with Crippen LogP contribution in [0.5, 0.6) is 0 Å². The molecule has 0 aromatic heterocycles. The van der Waals surface area contributed by atoms with Crippen LogP contribution in [0.3, 0.4) is 0 Å². The highest BCUT2D eigenvalue weighted by atomic mass is 79.9. The fourth-order valence-corrected chi connectivity index (χ4v) is 4.61. The number of amides is 1. The molecule has 0 saturated carbocycles. The van der Waals surface area contributed by atoms with Gasteiger partial charge >= 0.3 is 0 Å². The number of hydrazone groups is 1. The van der Waals surface area contributed by atoms with Crippen LogP contribution in [-0.2, 0) is 14.8 Å². The molecule has 6 nitrogen and oxygen atoms in total. The fraction of sp³-hybridized carbons (Fsp3) is 0.0909. The third kappa shape index (κ3) is 5.94. The van der Waals surface area contributed by atoms with Crippen LogP contribution >= 0.6 is 27.5 Å². The van der Waals surface area contributed by atoms with E-state index in [0.717, 1.165) is 19.9 Å². The van der Waals surface area contributed by atoms with Gasteiger partial charge in [-0.2, -0.15) is 5.10 Å². The molecule has 160 valence electrons. The average molecular weight is 521 g/mol. The second-order valence-corrected chi connectivity index (χ2v) is 9.77. The molecular formula is C22H19BrClN3O3S. The Bertz CT molecular complexity index is 1200. The molecule has 31 heavy (non-hydrogen) atoms. The van der Waals surface area contributed by atoms with Gasteiger partial charge < -0.3 is 0 Å². The minimum absolute atomic E-state index is 0.0811. The van der Waals surface area contributed by atoms with E-state index in [9.17, 15) is 13.2 Å². The zero-order chi connectivity index (χ0) is 22.4. The number of carbonyl (C=O) groups excluding carboxylic acids is 1. The summed E-state index contributed by atoms with van der Waals surface area (Å²) in [5.74, 6) is -0.589. The van der Waals surface area contributed by atoms with Crippen molar-refractivity contribution in [3.8, 4) is 0 Å². The second kappa shape index (κ2) is 10.1. The van der Waals surface area contributed by atoms with Crippen LogP contribution in [0.4, 0.5) is 5.69 Å². The number of hydrogen-bond acceptors (Lipinski definition) is 4. The Morgan fingerprint density at radius 1 is 1.06 bits per heavy atom. The summed E-state index contributed by atoms with van der Waals surface area (Å²) in [5.41, 5.74) is 4.39. The van der Waals surface area contributed by atoms with Crippen LogP contribution in [0.1, 0.15) is 11.1 Å². The summed E-state index contributed by atoms with van der Waals surface area (Å²) in [5, 5.41) is 4.39. The molecule has 0 radical (unpaired) electrons. The van der Waals surface area contributed by atoms with Crippen LogP contribution in [-0.4, -0.2) is 27.1 Å². The zero-order valence-corrected chi connectivity index (χ0v) is 19.7. The Kier molecular flexibility index (Phi) is 7.48. The molecule has 1 N–H and O–H groups in total. The van der Waals surface area contributed by atoms with E-state index in [-0.39, 0.29) is 4.90 Å². The third-order valence-corrected chi connectivity index (χ3v) is 7.07. The molecule has 0 fully saturated rings. The lowest BCUT2D eigenvalue weighted by Crippen LogP contribution is -2.39. The summed E-state index contributed by atoms with van der Waals surface area (Å²) >= 11 is 9.33. The number of aryl methyl sites for hydroxylation is 1. The summed E-state index contributed by atoms with van der Waals surface area (Å²) in [6.07, 6.45) is 1.48. The van der Waals surface area contributed by atoms with Gasteiger partial charge in [0.15, 0.2) is 0 Å². The van der Waals surface area contributed by atoms with E-state index in [0.29, 0.717) is 10.7 Å². The predicted octanol–water partition coefficient (Wildman–Crippen LogP) is 4.76. The molecule has 0 spiro atoms. The number of sulfonamides is 1. The second-order valence-electron chi connectivity index (χ2n) is 6.62. The fourth-order valence-electron chi connectivity index (χ4n) is 2.68. The SMILES string of the molecule is Cc1ccc(S(=O)(=O)N(CC(=O)N/N=C\c2ccccc2Br)c2ccc(Cl)cc2)cc1. The van der Waals surface area contributed by atoms with E-state index in [1.54, 1.807) is 36.4 Å². The molecule has 3 aromatic carbocycles. The number of benzene rings is 3. The van der Waals surface area contributed by atoms with Crippen LogP contribution in [0.15, 0.2) is 87.3 Å². The smallest absolute Gasteiger partial charge is 0.264 e. The van der Waals surface area contributed by atoms with Crippen molar-refractivity contribution in [2.45, 2.75) is 11.8 Å². The van der Waals surface area contributed by atoms with Gasteiger partial charge in [0.25, 0.3) is 15.9 Å². The van der Waals surface area contributed by atoms with Crippen molar-refractivity contribution in [3.63, 3.8) is 0 Å². The summed E-state index contributed by atoms with van der Waals surface area (Å²) in [6.45, 7) is 1.41. The Hall–Kier alpha value is -2.68. The maximum atomic E-state index is 13.3. The van der Waals surface area contributed by atoms with E-state index in [4.69, 9.17) is 11.6 Å². The lowest BCUT2D eigenvalue weighted by Gasteiger charge is -2.23. The van der Waals surface area contributed by atoms with E-state index in [1.807, 2.05) is 31.2 Å². The molecule has 0 unspecified atom stereocenters. The van der Waals surface area contributed by atoms with E-state index in [1.165, 1.54) is 18.3 Å². The highest BCUT2D eigenvalue weighted by molar-refractivity contribution is 9.10. The summed E-state index contributed by atoms with van der Waals surface area (Å²) < 4.78 is 28.4. The van der Waals surface area contributed by atoms with Gasteiger partial charge in [-0.25, -0.2) is 13.8 Å². The topological polar surface area (TPSA) is 78.8 Å². The highest BCUT2D eigenvalue weighted by Gasteiger charge is 2.27. The normalized spacial score (nSPS) is 11.5. The highest BCUT2D eigenvalue weighted by Crippen LogP contribution is 2.25. The number of halogens is 2. The van der Waals surface area contributed by atoms with Crippen molar-refractivity contribution in [2.75, 3.05) is 10.8 Å². The number of nitrogens with one attached hydrogen (secondary N) is 1. The lowest BCUT2D eigenvalue weighted by molar-refractivity contribution is -0.119. The number of carbonyl (C=O) groups is 1. The van der Waals surface area contributed by atoms with Gasteiger partial charge in [0.2, 0.25) is 0 Å². The average Bonchev–Trinajstić information content (AvgIpc) is 2.74. The largest absolute Gasteiger partial charge is 0.271 e. The molecule has 0 aliphatic rings. The predicted molar refractivity (Wildman–Crippen MR) is 127 cm³/mol. The minimum atomic E-state index is -3.99. The van der Waals surface area contributed by atoms with Crippen LogP contribution in [0, 0.1) is 6.92 Å². The first kappa shape index (κ1) is 23.0.